The lowest BCUT2D eigenvalue weighted by atomic mass is 10.0. The number of benzene rings is 2. The van der Waals surface area contributed by atoms with Gasteiger partial charge in [-0.3, -0.25) is 9.69 Å². The maximum Gasteiger partial charge on any atom is 0.238 e. The molecular weight excluding hydrogens is 348 g/mol. The Balaban J connectivity index is 1.69. The zero-order chi connectivity index (χ0) is 18.5. The fraction of sp³-hybridized carbons (Fsp3) is 0.300. The fourth-order valence-corrected chi connectivity index (χ4v) is 3.43. The summed E-state index contributed by atoms with van der Waals surface area (Å²) in [5.74, 6) is -0.0868. The van der Waals surface area contributed by atoms with E-state index in [0.717, 1.165) is 19.6 Å². The highest BCUT2D eigenvalue weighted by atomic mass is 35.5. The van der Waals surface area contributed by atoms with E-state index in [2.05, 4.69) is 34.3 Å². The lowest BCUT2D eigenvalue weighted by Gasteiger charge is -2.39. The molecule has 1 N–H and O–H groups in total. The summed E-state index contributed by atoms with van der Waals surface area (Å²) in [7, 11) is 2.10. The summed E-state index contributed by atoms with van der Waals surface area (Å²) >= 11 is 6.03. The predicted molar refractivity (Wildman–Crippen MR) is 103 cm³/mol. The quantitative estimate of drug-likeness (QED) is 0.900. The monoisotopic (exact) mass is 368 g/mol. The van der Waals surface area contributed by atoms with Gasteiger partial charge in [0.25, 0.3) is 0 Å². The van der Waals surface area contributed by atoms with Crippen LogP contribution in [0.5, 0.6) is 0 Å². The van der Waals surface area contributed by atoms with Crippen molar-refractivity contribution >= 4 is 23.2 Å². The lowest BCUT2D eigenvalue weighted by molar-refractivity contribution is -0.118. The van der Waals surface area contributed by atoms with Crippen LogP contribution in [0.4, 0.5) is 5.69 Å². The molecule has 1 unspecified atom stereocenters. The van der Waals surface area contributed by atoms with Crippen LogP contribution in [-0.2, 0) is 4.79 Å². The Morgan fingerprint density at radius 3 is 2.73 bits per heavy atom. The Labute approximate surface area is 158 Å². The van der Waals surface area contributed by atoms with E-state index >= 15 is 0 Å². The molecule has 134 valence electrons. The molecule has 5 nitrogen and oxygen atoms in total. The molecule has 1 atom stereocenters. The minimum Gasteiger partial charge on any atom is -0.325 e. The molecule has 26 heavy (non-hydrogen) atoms. The van der Waals surface area contributed by atoms with E-state index in [1.807, 2.05) is 24.3 Å². The third-order valence-electron chi connectivity index (χ3n) is 4.60. The van der Waals surface area contributed by atoms with Crippen molar-refractivity contribution in [1.82, 2.24) is 9.80 Å². The number of carbonyl (C=O) groups is 1. The number of amides is 1. The zero-order valence-corrected chi connectivity index (χ0v) is 15.4. The van der Waals surface area contributed by atoms with E-state index in [0.29, 0.717) is 22.8 Å². The molecule has 1 fully saturated rings. The van der Waals surface area contributed by atoms with Crippen LogP contribution in [0.3, 0.4) is 0 Å². The van der Waals surface area contributed by atoms with Crippen molar-refractivity contribution in [3.8, 4) is 6.07 Å². The van der Waals surface area contributed by atoms with Crippen molar-refractivity contribution < 1.29 is 4.79 Å². The summed E-state index contributed by atoms with van der Waals surface area (Å²) < 4.78 is 0. The average Bonchev–Trinajstić information content (AvgIpc) is 2.64. The van der Waals surface area contributed by atoms with Gasteiger partial charge in [0.1, 0.15) is 6.07 Å². The SMILES string of the molecule is CN1CCN(CC(=O)Nc2ccc(C#N)c(Cl)c2)C(c2ccccc2)C1. The van der Waals surface area contributed by atoms with E-state index in [4.69, 9.17) is 16.9 Å². The normalized spacial score (nSPS) is 18.3. The molecule has 3 rings (SSSR count). The van der Waals surface area contributed by atoms with Crippen molar-refractivity contribution in [1.29, 1.82) is 5.26 Å². The Bertz CT molecular complexity index is 818. The van der Waals surface area contributed by atoms with Crippen LogP contribution in [0.15, 0.2) is 48.5 Å². The number of halogens is 1. The zero-order valence-electron chi connectivity index (χ0n) is 14.7. The smallest absolute Gasteiger partial charge is 0.238 e. The number of nitriles is 1. The average molecular weight is 369 g/mol. The number of nitrogens with zero attached hydrogens (tertiary/aromatic N) is 3. The first-order valence-electron chi connectivity index (χ1n) is 8.54. The molecule has 6 heteroatoms. The van der Waals surface area contributed by atoms with Gasteiger partial charge in [-0.1, -0.05) is 41.9 Å². The number of nitrogens with one attached hydrogen (secondary N) is 1. The van der Waals surface area contributed by atoms with Gasteiger partial charge in [-0.25, -0.2) is 0 Å². The Morgan fingerprint density at radius 1 is 1.27 bits per heavy atom. The number of hydrogen-bond donors (Lipinski definition) is 1. The summed E-state index contributed by atoms with van der Waals surface area (Å²) in [6.07, 6.45) is 0. The molecule has 0 bridgehead atoms. The molecule has 0 saturated carbocycles. The highest BCUT2D eigenvalue weighted by molar-refractivity contribution is 6.32. The number of rotatable bonds is 4. The molecule has 0 spiro atoms. The first-order valence-corrected chi connectivity index (χ1v) is 8.91. The molecule has 1 heterocycles. The van der Waals surface area contributed by atoms with E-state index < -0.39 is 0 Å². The van der Waals surface area contributed by atoms with Gasteiger partial charge < -0.3 is 10.2 Å². The van der Waals surface area contributed by atoms with E-state index in [-0.39, 0.29) is 11.9 Å². The van der Waals surface area contributed by atoms with Crippen LogP contribution in [-0.4, -0.2) is 48.9 Å². The van der Waals surface area contributed by atoms with Gasteiger partial charge in [0.15, 0.2) is 0 Å². The first kappa shape index (κ1) is 18.4. The second-order valence-corrected chi connectivity index (χ2v) is 6.92. The summed E-state index contributed by atoms with van der Waals surface area (Å²) in [5.41, 5.74) is 2.21. The molecule has 1 aliphatic heterocycles. The Morgan fingerprint density at radius 2 is 2.04 bits per heavy atom. The van der Waals surface area contributed by atoms with Crippen LogP contribution in [0.2, 0.25) is 5.02 Å². The summed E-state index contributed by atoms with van der Waals surface area (Å²) in [6, 6.07) is 17.4. The minimum absolute atomic E-state index is 0.0868. The number of anilines is 1. The molecule has 2 aromatic carbocycles. The van der Waals surface area contributed by atoms with Crippen molar-refractivity contribution in [2.45, 2.75) is 6.04 Å². The topological polar surface area (TPSA) is 59.4 Å². The molecule has 0 aliphatic carbocycles. The summed E-state index contributed by atoms with van der Waals surface area (Å²) in [4.78, 5) is 17.0. The van der Waals surface area contributed by atoms with Crippen LogP contribution in [0.1, 0.15) is 17.2 Å². The number of hydrogen-bond acceptors (Lipinski definition) is 4. The van der Waals surface area contributed by atoms with Gasteiger partial charge in [0.05, 0.1) is 17.1 Å². The lowest BCUT2D eigenvalue weighted by Crippen LogP contribution is -2.49. The maximum absolute atomic E-state index is 12.5. The predicted octanol–water partition coefficient (Wildman–Crippen LogP) is 3.14. The molecular formula is C20H21ClN4O. The largest absolute Gasteiger partial charge is 0.325 e. The van der Waals surface area contributed by atoms with Crippen molar-refractivity contribution in [2.75, 3.05) is 38.5 Å². The Kier molecular flexibility index (Phi) is 5.89. The van der Waals surface area contributed by atoms with Crippen molar-refractivity contribution in [3.63, 3.8) is 0 Å². The van der Waals surface area contributed by atoms with Crippen LogP contribution in [0, 0.1) is 11.3 Å². The van der Waals surface area contributed by atoms with Gasteiger partial charge in [0.2, 0.25) is 5.91 Å². The molecule has 0 aromatic heterocycles. The Hall–Kier alpha value is -2.39. The standard InChI is InChI=1S/C20H21ClN4O/c1-24-9-10-25(19(13-24)15-5-3-2-4-6-15)14-20(26)23-17-8-7-16(12-22)18(21)11-17/h2-8,11,19H,9-10,13-14H2,1H3,(H,23,26). The number of likely N-dealkylation sites (N-methyl/N-ethyl adjacent to an activating group) is 1. The number of piperazine rings is 1. The fourth-order valence-electron chi connectivity index (χ4n) is 3.21. The molecule has 1 saturated heterocycles. The summed E-state index contributed by atoms with van der Waals surface area (Å²) in [5, 5.41) is 12.2. The van der Waals surface area contributed by atoms with E-state index in [1.54, 1.807) is 18.2 Å². The second kappa shape index (κ2) is 8.33. The highest BCUT2D eigenvalue weighted by Gasteiger charge is 2.27. The third kappa shape index (κ3) is 4.41. The molecule has 1 aliphatic rings. The summed E-state index contributed by atoms with van der Waals surface area (Å²) in [6.45, 7) is 2.96. The van der Waals surface area contributed by atoms with E-state index in [9.17, 15) is 4.79 Å². The maximum atomic E-state index is 12.5. The third-order valence-corrected chi connectivity index (χ3v) is 4.91. The van der Waals surface area contributed by atoms with Gasteiger partial charge in [0, 0.05) is 31.4 Å². The van der Waals surface area contributed by atoms with Gasteiger partial charge in [-0.15, -0.1) is 0 Å². The first-order chi connectivity index (χ1) is 12.6. The molecule has 2 aromatic rings. The van der Waals surface area contributed by atoms with Gasteiger partial charge >= 0.3 is 0 Å². The minimum atomic E-state index is -0.0868. The van der Waals surface area contributed by atoms with Crippen LogP contribution < -0.4 is 5.32 Å². The van der Waals surface area contributed by atoms with Crippen LogP contribution in [0.25, 0.3) is 0 Å². The van der Waals surface area contributed by atoms with Gasteiger partial charge in [-0.05, 0) is 30.8 Å². The molecule has 0 radical (unpaired) electrons. The van der Waals surface area contributed by atoms with Crippen molar-refractivity contribution in [3.05, 3.63) is 64.7 Å². The molecule has 1 amide bonds. The highest BCUT2D eigenvalue weighted by Crippen LogP contribution is 2.25. The van der Waals surface area contributed by atoms with Crippen LogP contribution >= 0.6 is 11.6 Å². The van der Waals surface area contributed by atoms with E-state index in [1.165, 1.54) is 5.56 Å². The number of carbonyl (C=O) groups excluding carboxylic acids is 1. The van der Waals surface area contributed by atoms with Gasteiger partial charge in [-0.2, -0.15) is 5.26 Å². The van der Waals surface area contributed by atoms with Crippen molar-refractivity contribution in [2.24, 2.45) is 0 Å². The second-order valence-electron chi connectivity index (χ2n) is 6.51.